The topological polar surface area (TPSA) is 110 Å². The first kappa shape index (κ1) is 10.1. The largest absolute Gasteiger partial charge is 0.378 e. The first-order valence-corrected chi connectivity index (χ1v) is 4.59. The molecule has 2 heterocycles. The molecule has 2 aromatic heterocycles. The molecule has 16 heavy (non-hydrogen) atoms. The number of hydrogen-bond donors (Lipinski definition) is 3. The van der Waals surface area contributed by atoms with Crippen LogP contribution in [0.25, 0.3) is 0 Å². The number of H-pyrrole nitrogens is 1. The van der Waals surface area contributed by atoms with Crippen LogP contribution in [0.3, 0.4) is 0 Å². The molecule has 2 rings (SSSR count). The van der Waals surface area contributed by atoms with Crippen LogP contribution >= 0.6 is 0 Å². The number of rotatable bonds is 4. The second kappa shape index (κ2) is 4.39. The number of aromatic nitrogens is 4. The lowest BCUT2D eigenvalue weighted by Gasteiger charge is -2.04. The van der Waals surface area contributed by atoms with Crippen molar-refractivity contribution >= 4 is 11.6 Å². The fourth-order valence-corrected chi connectivity index (χ4v) is 1.18. The number of carbonyl (C=O) groups is 1. The van der Waals surface area contributed by atoms with Gasteiger partial charge in [-0.25, -0.2) is 4.98 Å². The van der Waals surface area contributed by atoms with Gasteiger partial charge in [-0.1, -0.05) is 0 Å². The van der Waals surface area contributed by atoms with Gasteiger partial charge in [0.05, 0.1) is 6.54 Å². The average Bonchev–Trinajstić information content (AvgIpc) is 2.79. The van der Waals surface area contributed by atoms with Crippen LogP contribution in [0.1, 0.15) is 16.3 Å². The standard InChI is InChI=1S/C9H10N6O/c10-9(16)7-3-6(1-2-11-7)12-4-8-13-5-14-15-8/h1-3,5H,4H2,(H2,10,16)(H,11,12)(H,13,14,15). The summed E-state index contributed by atoms with van der Waals surface area (Å²) < 4.78 is 0. The van der Waals surface area contributed by atoms with E-state index in [4.69, 9.17) is 5.73 Å². The van der Waals surface area contributed by atoms with E-state index in [-0.39, 0.29) is 5.69 Å². The summed E-state index contributed by atoms with van der Waals surface area (Å²) in [6, 6.07) is 3.32. The summed E-state index contributed by atoms with van der Waals surface area (Å²) in [5.41, 5.74) is 6.09. The molecule has 2 aromatic rings. The van der Waals surface area contributed by atoms with Crippen molar-refractivity contribution in [2.45, 2.75) is 6.54 Å². The summed E-state index contributed by atoms with van der Waals surface area (Å²) in [7, 11) is 0. The van der Waals surface area contributed by atoms with Gasteiger partial charge in [-0.15, -0.1) is 0 Å². The van der Waals surface area contributed by atoms with Gasteiger partial charge < -0.3 is 11.1 Å². The summed E-state index contributed by atoms with van der Waals surface area (Å²) in [5, 5.41) is 9.49. The average molecular weight is 218 g/mol. The SMILES string of the molecule is NC(=O)c1cc(NCc2ncn[nH]2)ccn1. The van der Waals surface area contributed by atoms with Crippen LogP contribution in [-0.2, 0) is 6.54 Å². The molecule has 0 aliphatic carbocycles. The number of nitrogens with one attached hydrogen (secondary N) is 2. The highest BCUT2D eigenvalue weighted by Crippen LogP contribution is 2.08. The minimum Gasteiger partial charge on any atom is -0.378 e. The molecule has 0 fully saturated rings. The third kappa shape index (κ3) is 2.32. The Hall–Kier alpha value is -2.44. The van der Waals surface area contributed by atoms with E-state index in [9.17, 15) is 4.79 Å². The van der Waals surface area contributed by atoms with E-state index in [1.165, 1.54) is 12.5 Å². The highest BCUT2D eigenvalue weighted by molar-refractivity contribution is 5.91. The van der Waals surface area contributed by atoms with Crippen LogP contribution in [0.4, 0.5) is 5.69 Å². The summed E-state index contributed by atoms with van der Waals surface area (Å²) in [6.45, 7) is 0.488. The van der Waals surface area contributed by atoms with Crippen LogP contribution in [0.2, 0.25) is 0 Å². The van der Waals surface area contributed by atoms with Gasteiger partial charge in [0.1, 0.15) is 17.8 Å². The van der Waals surface area contributed by atoms with Gasteiger partial charge in [-0.3, -0.25) is 14.9 Å². The molecule has 4 N–H and O–H groups in total. The van der Waals surface area contributed by atoms with Gasteiger partial charge in [-0.2, -0.15) is 5.10 Å². The summed E-state index contributed by atoms with van der Waals surface area (Å²) >= 11 is 0. The Kier molecular flexibility index (Phi) is 2.77. The maximum Gasteiger partial charge on any atom is 0.267 e. The van der Waals surface area contributed by atoms with Crippen molar-refractivity contribution in [3.05, 3.63) is 36.2 Å². The van der Waals surface area contributed by atoms with E-state index in [1.54, 1.807) is 12.1 Å². The van der Waals surface area contributed by atoms with Gasteiger partial charge in [0, 0.05) is 11.9 Å². The van der Waals surface area contributed by atoms with Gasteiger partial charge in [-0.05, 0) is 12.1 Å². The molecule has 0 saturated carbocycles. The maximum atomic E-state index is 10.9. The van der Waals surface area contributed by atoms with Crippen molar-refractivity contribution < 1.29 is 4.79 Å². The van der Waals surface area contributed by atoms with E-state index in [1.807, 2.05) is 0 Å². The third-order valence-corrected chi connectivity index (χ3v) is 1.94. The van der Waals surface area contributed by atoms with Gasteiger partial charge in [0.25, 0.3) is 5.91 Å². The molecule has 0 atom stereocenters. The first-order chi connectivity index (χ1) is 7.75. The maximum absolute atomic E-state index is 10.9. The summed E-state index contributed by atoms with van der Waals surface area (Å²) in [6.07, 6.45) is 2.95. The molecule has 0 aliphatic rings. The lowest BCUT2D eigenvalue weighted by Crippen LogP contribution is -2.13. The molecule has 0 aliphatic heterocycles. The Morgan fingerprint density at radius 2 is 2.38 bits per heavy atom. The minimum atomic E-state index is -0.552. The molecule has 82 valence electrons. The molecule has 0 bridgehead atoms. The smallest absolute Gasteiger partial charge is 0.267 e. The molecule has 1 amide bonds. The van der Waals surface area contributed by atoms with E-state index in [0.29, 0.717) is 12.4 Å². The fourth-order valence-electron chi connectivity index (χ4n) is 1.18. The molecule has 0 aromatic carbocycles. The van der Waals surface area contributed by atoms with Crippen LogP contribution in [0.15, 0.2) is 24.7 Å². The minimum absolute atomic E-state index is 0.225. The molecule has 7 heteroatoms. The predicted octanol–water partition coefficient (Wildman–Crippen LogP) is -0.0893. The molecule has 0 radical (unpaired) electrons. The van der Waals surface area contributed by atoms with Crippen LogP contribution in [-0.4, -0.2) is 26.1 Å². The summed E-state index contributed by atoms with van der Waals surface area (Å²) in [4.78, 5) is 18.7. The predicted molar refractivity (Wildman–Crippen MR) is 56.5 cm³/mol. The zero-order valence-corrected chi connectivity index (χ0v) is 8.34. The highest BCUT2D eigenvalue weighted by atomic mass is 16.1. The van der Waals surface area contributed by atoms with Crippen molar-refractivity contribution in [1.82, 2.24) is 20.2 Å². The van der Waals surface area contributed by atoms with Crippen LogP contribution in [0.5, 0.6) is 0 Å². The quantitative estimate of drug-likeness (QED) is 0.664. The van der Waals surface area contributed by atoms with Crippen LogP contribution < -0.4 is 11.1 Å². The Labute approximate surface area is 91.1 Å². The fraction of sp³-hybridized carbons (Fsp3) is 0.111. The van der Waals surface area contributed by atoms with E-state index < -0.39 is 5.91 Å². The molecule has 0 unspecified atom stereocenters. The molecule has 0 saturated heterocycles. The molecular weight excluding hydrogens is 208 g/mol. The number of pyridine rings is 1. The number of anilines is 1. The van der Waals surface area contributed by atoms with Gasteiger partial charge in [0.15, 0.2) is 0 Å². The monoisotopic (exact) mass is 218 g/mol. The zero-order valence-electron chi connectivity index (χ0n) is 8.34. The Morgan fingerprint density at radius 3 is 3.06 bits per heavy atom. The molecular formula is C9H10N6O. The van der Waals surface area contributed by atoms with Crippen molar-refractivity contribution in [3.63, 3.8) is 0 Å². The number of carbonyl (C=O) groups excluding carboxylic acids is 1. The summed E-state index contributed by atoms with van der Waals surface area (Å²) in [5.74, 6) is 0.153. The number of amides is 1. The molecule has 7 nitrogen and oxygen atoms in total. The van der Waals surface area contributed by atoms with E-state index >= 15 is 0 Å². The first-order valence-electron chi connectivity index (χ1n) is 4.59. The number of primary amides is 1. The molecule has 0 spiro atoms. The highest BCUT2D eigenvalue weighted by Gasteiger charge is 2.03. The second-order valence-electron chi connectivity index (χ2n) is 3.08. The third-order valence-electron chi connectivity index (χ3n) is 1.94. The Bertz CT molecular complexity index is 481. The van der Waals surface area contributed by atoms with Crippen molar-refractivity contribution in [2.75, 3.05) is 5.32 Å². The number of nitrogens with two attached hydrogens (primary N) is 1. The lowest BCUT2D eigenvalue weighted by molar-refractivity contribution is 0.0995. The van der Waals surface area contributed by atoms with Crippen molar-refractivity contribution in [2.24, 2.45) is 5.73 Å². The Balaban J connectivity index is 2.04. The normalized spacial score (nSPS) is 10.0. The number of aromatic amines is 1. The Morgan fingerprint density at radius 1 is 1.50 bits per heavy atom. The zero-order chi connectivity index (χ0) is 11.4. The van der Waals surface area contributed by atoms with Gasteiger partial charge in [0.2, 0.25) is 0 Å². The van der Waals surface area contributed by atoms with E-state index in [0.717, 1.165) is 5.69 Å². The van der Waals surface area contributed by atoms with E-state index in [2.05, 4.69) is 25.5 Å². The lowest BCUT2D eigenvalue weighted by atomic mass is 10.3. The van der Waals surface area contributed by atoms with Crippen molar-refractivity contribution in [1.29, 1.82) is 0 Å². The second-order valence-corrected chi connectivity index (χ2v) is 3.08. The van der Waals surface area contributed by atoms with Gasteiger partial charge >= 0.3 is 0 Å². The van der Waals surface area contributed by atoms with Crippen molar-refractivity contribution in [3.8, 4) is 0 Å². The number of hydrogen-bond acceptors (Lipinski definition) is 5. The van der Waals surface area contributed by atoms with Crippen LogP contribution in [0, 0.1) is 0 Å². The number of nitrogens with zero attached hydrogens (tertiary/aromatic N) is 3.